The lowest BCUT2D eigenvalue weighted by Gasteiger charge is -2.01. The summed E-state index contributed by atoms with van der Waals surface area (Å²) in [6.07, 6.45) is 0.229. The quantitative estimate of drug-likeness (QED) is 0.711. The Labute approximate surface area is 122 Å². The van der Waals surface area contributed by atoms with Crippen molar-refractivity contribution in [3.63, 3.8) is 0 Å². The van der Waals surface area contributed by atoms with Crippen LogP contribution in [0, 0.1) is 12.7 Å². The van der Waals surface area contributed by atoms with Gasteiger partial charge in [-0.15, -0.1) is 11.3 Å². The third-order valence-corrected chi connectivity index (χ3v) is 4.95. The molecule has 18 heavy (non-hydrogen) atoms. The largest absolute Gasteiger partial charge is 0.293 e. The molecular formula is C13H9BrClFOS. The van der Waals surface area contributed by atoms with Gasteiger partial charge in [0.25, 0.3) is 0 Å². The first kappa shape index (κ1) is 13.7. The van der Waals surface area contributed by atoms with Crippen molar-refractivity contribution in [3.05, 3.63) is 54.9 Å². The average Bonchev–Trinajstić information content (AvgIpc) is 2.65. The van der Waals surface area contributed by atoms with Gasteiger partial charge in [0.05, 0.1) is 13.7 Å². The van der Waals surface area contributed by atoms with E-state index >= 15 is 0 Å². The monoisotopic (exact) mass is 346 g/mol. The van der Waals surface area contributed by atoms with E-state index in [9.17, 15) is 9.18 Å². The zero-order valence-corrected chi connectivity index (χ0v) is 12.6. The zero-order chi connectivity index (χ0) is 13.3. The van der Waals surface area contributed by atoms with Gasteiger partial charge in [0.15, 0.2) is 5.78 Å². The Hall–Kier alpha value is -0.710. The molecule has 0 saturated heterocycles. The minimum absolute atomic E-state index is 0.0106. The summed E-state index contributed by atoms with van der Waals surface area (Å²) in [6.45, 7) is 1.94. The summed E-state index contributed by atoms with van der Waals surface area (Å²) in [5.41, 5.74) is 1.76. The van der Waals surface area contributed by atoms with Crippen LogP contribution in [0.4, 0.5) is 4.39 Å². The molecule has 2 rings (SSSR count). The zero-order valence-electron chi connectivity index (χ0n) is 9.47. The molecule has 0 aliphatic heterocycles. The van der Waals surface area contributed by atoms with E-state index in [1.165, 1.54) is 23.5 Å². The van der Waals surface area contributed by atoms with Crippen LogP contribution >= 0.6 is 38.9 Å². The van der Waals surface area contributed by atoms with Crippen molar-refractivity contribution in [1.82, 2.24) is 0 Å². The molecule has 0 atom stereocenters. The van der Waals surface area contributed by atoms with Crippen LogP contribution in [0.5, 0.6) is 0 Å². The lowest BCUT2D eigenvalue weighted by molar-refractivity contribution is 0.0997. The van der Waals surface area contributed by atoms with Gasteiger partial charge in [0.2, 0.25) is 0 Å². The molecule has 0 saturated carbocycles. The van der Waals surface area contributed by atoms with Gasteiger partial charge in [-0.05, 0) is 52.2 Å². The van der Waals surface area contributed by atoms with E-state index in [0.29, 0.717) is 10.4 Å². The molecule has 1 aromatic heterocycles. The lowest BCUT2D eigenvalue weighted by atomic mass is 10.1. The van der Waals surface area contributed by atoms with E-state index in [0.717, 1.165) is 9.35 Å². The van der Waals surface area contributed by atoms with Crippen LogP contribution in [0.15, 0.2) is 28.1 Å². The van der Waals surface area contributed by atoms with E-state index in [1.807, 2.05) is 13.0 Å². The highest BCUT2D eigenvalue weighted by Crippen LogP contribution is 2.28. The fourth-order valence-corrected chi connectivity index (χ4v) is 3.19. The van der Waals surface area contributed by atoms with Crippen molar-refractivity contribution in [2.45, 2.75) is 13.3 Å². The molecule has 0 bridgehead atoms. The number of aryl methyl sites for hydroxylation is 1. The summed E-state index contributed by atoms with van der Waals surface area (Å²) in [5.74, 6) is -0.459. The Morgan fingerprint density at radius 1 is 1.44 bits per heavy atom. The normalized spacial score (nSPS) is 10.7. The third kappa shape index (κ3) is 2.99. The summed E-state index contributed by atoms with van der Waals surface area (Å²) in [4.78, 5) is 12.7. The minimum atomic E-state index is -0.470. The predicted molar refractivity (Wildman–Crippen MR) is 76.2 cm³/mol. The molecule has 0 radical (unpaired) electrons. The molecule has 1 heterocycles. The highest BCUT2D eigenvalue weighted by molar-refractivity contribution is 9.11. The first-order chi connectivity index (χ1) is 8.47. The fraction of sp³-hybridized carbons (Fsp3) is 0.154. The smallest absolute Gasteiger partial charge is 0.177 e. The molecule has 0 aliphatic rings. The number of hydrogen-bond donors (Lipinski definition) is 0. The van der Waals surface area contributed by atoms with E-state index in [-0.39, 0.29) is 17.2 Å². The van der Waals surface area contributed by atoms with Gasteiger partial charge in [-0.2, -0.15) is 0 Å². The van der Waals surface area contributed by atoms with Crippen LogP contribution in [0.1, 0.15) is 20.8 Å². The maximum absolute atomic E-state index is 13.0. The molecule has 0 spiro atoms. The van der Waals surface area contributed by atoms with Crippen LogP contribution < -0.4 is 0 Å². The number of rotatable bonds is 3. The number of halogens is 3. The van der Waals surface area contributed by atoms with E-state index in [1.54, 1.807) is 6.07 Å². The van der Waals surface area contributed by atoms with Crippen LogP contribution in [0.3, 0.4) is 0 Å². The molecule has 94 valence electrons. The molecule has 0 aliphatic carbocycles. The summed E-state index contributed by atoms with van der Waals surface area (Å²) >= 11 is 10.5. The number of hydrogen-bond acceptors (Lipinski definition) is 2. The molecular weight excluding hydrogens is 339 g/mol. The lowest BCUT2D eigenvalue weighted by Crippen LogP contribution is -2.01. The highest BCUT2D eigenvalue weighted by atomic mass is 79.9. The number of benzene rings is 1. The van der Waals surface area contributed by atoms with Gasteiger partial charge < -0.3 is 0 Å². The molecule has 2 aromatic rings. The second-order valence-corrected chi connectivity index (χ2v) is 6.69. The third-order valence-electron chi connectivity index (χ3n) is 2.48. The topological polar surface area (TPSA) is 17.1 Å². The first-order valence-corrected chi connectivity index (χ1v) is 7.19. The van der Waals surface area contributed by atoms with Crippen LogP contribution in [-0.4, -0.2) is 5.78 Å². The van der Waals surface area contributed by atoms with E-state index in [2.05, 4.69) is 15.9 Å². The summed E-state index contributed by atoms with van der Waals surface area (Å²) in [6, 6.07) is 6.20. The number of ketones is 1. The van der Waals surface area contributed by atoms with Crippen molar-refractivity contribution in [1.29, 1.82) is 0 Å². The second-order valence-electron chi connectivity index (χ2n) is 3.92. The Morgan fingerprint density at radius 3 is 2.72 bits per heavy atom. The van der Waals surface area contributed by atoms with Gasteiger partial charge in [-0.25, -0.2) is 4.39 Å². The summed E-state index contributed by atoms with van der Waals surface area (Å²) in [5, 5.41) is 0.0452. The highest BCUT2D eigenvalue weighted by Gasteiger charge is 2.12. The van der Waals surface area contributed by atoms with Crippen molar-refractivity contribution >= 4 is 44.7 Å². The predicted octanol–water partition coefficient (Wildman–Crippen LogP) is 5.04. The Balaban J connectivity index is 2.18. The second kappa shape index (κ2) is 5.51. The number of carbonyl (C=O) groups excluding carboxylic acids is 1. The number of Topliss-reactive ketones (excluding diaryl/α,β-unsaturated/α-hetero) is 1. The summed E-state index contributed by atoms with van der Waals surface area (Å²) in [7, 11) is 0. The summed E-state index contributed by atoms with van der Waals surface area (Å²) < 4.78 is 14.0. The minimum Gasteiger partial charge on any atom is -0.293 e. The van der Waals surface area contributed by atoms with Crippen molar-refractivity contribution in [3.8, 4) is 0 Å². The van der Waals surface area contributed by atoms with Crippen molar-refractivity contribution < 1.29 is 9.18 Å². The van der Waals surface area contributed by atoms with Gasteiger partial charge in [-0.3, -0.25) is 4.79 Å². The van der Waals surface area contributed by atoms with E-state index in [4.69, 9.17) is 11.6 Å². The standard InChI is InChI=1S/C13H9BrClFOS/c1-7-4-12(18-13(7)14)11(17)6-8-2-3-10(16)9(15)5-8/h2-5H,6H2,1H3. The molecule has 0 unspecified atom stereocenters. The van der Waals surface area contributed by atoms with Gasteiger partial charge in [0.1, 0.15) is 5.82 Å². The van der Waals surface area contributed by atoms with Gasteiger partial charge in [-0.1, -0.05) is 17.7 Å². The van der Waals surface area contributed by atoms with Crippen LogP contribution in [0.2, 0.25) is 5.02 Å². The van der Waals surface area contributed by atoms with Crippen LogP contribution in [-0.2, 0) is 6.42 Å². The molecule has 0 fully saturated rings. The Morgan fingerprint density at radius 2 is 2.17 bits per heavy atom. The SMILES string of the molecule is Cc1cc(C(=O)Cc2ccc(F)c(Cl)c2)sc1Br. The molecule has 0 amide bonds. The Kier molecular flexibility index (Phi) is 4.20. The Bertz CT molecular complexity index is 590. The molecule has 1 aromatic carbocycles. The van der Waals surface area contributed by atoms with Gasteiger partial charge in [0, 0.05) is 6.42 Å². The molecule has 1 nitrogen and oxygen atoms in total. The van der Waals surface area contributed by atoms with E-state index < -0.39 is 5.82 Å². The maximum atomic E-state index is 13.0. The first-order valence-electron chi connectivity index (χ1n) is 5.20. The molecule has 5 heteroatoms. The van der Waals surface area contributed by atoms with Crippen molar-refractivity contribution in [2.24, 2.45) is 0 Å². The molecule has 0 N–H and O–H groups in total. The fourth-order valence-electron chi connectivity index (χ4n) is 1.52. The van der Waals surface area contributed by atoms with Gasteiger partial charge >= 0.3 is 0 Å². The number of thiophene rings is 1. The maximum Gasteiger partial charge on any atom is 0.177 e. The number of carbonyl (C=O) groups is 1. The average molecular weight is 348 g/mol. The van der Waals surface area contributed by atoms with Crippen LogP contribution in [0.25, 0.3) is 0 Å². The van der Waals surface area contributed by atoms with Crippen molar-refractivity contribution in [2.75, 3.05) is 0 Å².